The molecule has 0 spiro atoms. The number of nitrogens with one attached hydrogen (secondary N) is 2. The summed E-state index contributed by atoms with van der Waals surface area (Å²) >= 11 is 0. The van der Waals surface area contributed by atoms with Gasteiger partial charge in [-0.2, -0.15) is 0 Å². The Morgan fingerprint density at radius 1 is 0.370 bits per heavy atom. The molecule has 0 fully saturated rings. The minimum atomic E-state index is -0.568. The van der Waals surface area contributed by atoms with E-state index in [0.717, 1.165) is 67.4 Å². The molecule has 1 aliphatic heterocycles. The molecule has 0 aromatic heterocycles. The zero-order valence-corrected chi connectivity index (χ0v) is 40.1. The number of allylic oxidation sites excluding steroid dienone is 1. The van der Waals surface area contributed by atoms with E-state index in [1.807, 2.05) is 36.4 Å². The van der Waals surface area contributed by atoms with E-state index in [4.69, 9.17) is 0 Å². The highest BCUT2D eigenvalue weighted by atomic mass is 15.1. The van der Waals surface area contributed by atoms with Crippen LogP contribution in [-0.2, 0) is 5.41 Å². The van der Waals surface area contributed by atoms with Gasteiger partial charge in [0.15, 0.2) is 0 Å². The zero-order chi connectivity index (χ0) is 48.7. The van der Waals surface area contributed by atoms with Crippen LogP contribution in [0, 0.1) is 5.41 Å². The number of rotatable bonds is 10. The number of benzene rings is 11. The summed E-state index contributed by atoms with van der Waals surface area (Å²) in [7, 11) is 0. The van der Waals surface area contributed by atoms with Gasteiger partial charge in [0.2, 0.25) is 0 Å². The monoisotopic (exact) mass is 931 g/mol. The summed E-state index contributed by atoms with van der Waals surface area (Å²) in [5, 5.41) is 16.2. The first-order valence-electron chi connectivity index (χ1n) is 25.0. The van der Waals surface area contributed by atoms with E-state index in [1.165, 1.54) is 49.7 Å². The van der Waals surface area contributed by atoms with Crippen molar-refractivity contribution in [2.24, 2.45) is 0 Å². The fourth-order valence-electron chi connectivity index (χ4n) is 11.4. The van der Waals surface area contributed by atoms with Crippen LogP contribution in [-0.4, -0.2) is 5.71 Å². The van der Waals surface area contributed by atoms with Gasteiger partial charge >= 0.3 is 0 Å². The van der Waals surface area contributed by atoms with Crippen LogP contribution in [0.2, 0.25) is 0 Å². The molecule has 1 aliphatic carbocycles. The van der Waals surface area contributed by atoms with Crippen LogP contribution >= 0.6 is 0 Å². The topological polar surface area (TPSA) is 39.1 Å². The SMILES string of the molecule is N=C(/C(=C1\NC(c2ccccc2)=Cc2cc(N(c3ccc(-c4ccc5ccccc5c4)cc3)c3ccc4c(c3)C(c3ccccc3)(c3ccccc3)c3ccccc3-4)ccc21)c1ccccc1)c1ccccc1. The van der Waals surface area contributed by atoms with Gasteiger partial charge in [-0.1, -0.05) is 237 Å². The molecule has 0 amide bonds. The summed E-state index contributed by atoms with van der Waals surface area (Å²) < 4.78 is 0. The average molecular weight is 932 g/mol. The number of fused-ring (bicyclic) bond motifs is 5. The molecule has 0 saturated carbocycles. The molecule has 3 heteroatoms. The summed E-state index contributed by atoms with van der Waals surface area (Å²) in [6.45, 7) is 0. The van der Waals surface area contributed by atoms with E-state index in [2.05, 4.69) is 259 Å². The largest absolute Gasteiger partial charge is 0.354 e. The van der Waals surface area contributed by atoms with E-state index >= 15 is 0 Å². The third-order valence-corrected chi connectivity index (χ3v) is 14.7. The number of anilines is 3. The van der Waals surface area contributed by atoms with Gasteiger partial charge in [-0.3, -0.25) is 5.41 Å². The number of hydrogen-bond acceptors (Lipinski definition) is 3. The van der Waals surface area contributed by atoms with Crippen LogP contribution in [0.3, 0.4) is 0 Å². The zero-order valence-electron chi connectivity index (χ0n) is 40.1. The molecule has 3 nitrogen and oxygen atoms in total. The van der Waals surface area contributed by atoms with E-state index in [0.29, 0.717) is 5.71 Å². The van der Waals surface area contributed by atoms with Gasteiger partial charge in [0, 0.05) is 39.5 Å². The molecule has 0 bridgehead atoms. The van der Waals surface area contributed by atoms with Crippen LogP contribution in [0.25, 0.3) is 56.1 Å². The van der Waals surface area contributed by atoms with E-state index in [-0.39, 0.29) is 0 Å². The maximum absolute atomic E-state index is 9.87. The highest BCUT2D eigenvalue weighted by Gasteiger charge is 2.46. The number of nitrogens with zero attached hydrogens (tertiary/aromatic N) is 1. The van der Waals surface area contributed by atoms with Gasteiger partial charge in [0.1, 0.15) is 0 Å². The Morgan fingerprint density at radius 2 is 0.890 bits per heavy atom. The second-order valence-corrected chi connectivity index (χ2v) is 18.9. The van der Waals surface area contributed by atoms with E-state index in [9.17, 15) is 5.41 Å². The lowest BCUT2D eigenvalue weighted by Crippen LogP contribution is -2.28. The predicted molar refractivity (Wildman–Crippen MR) is 305 cm³/mol. The first kappa shape index (κ1) is 43.5. The summed E-state index contributed by atoms with van der Waals surface area (Å²) in [5.74, 6) is 0. The molecule has 0 saturated heterocycles. The van der Waals surface area contributed by atoms with Crippen molar-refractivity contribution in [3.8, 4) is 22.3 Å². The molecule has 344 valence electrons. The van der Waals surface area contributed by atoms with Crippen molar-refractivity contribution in [2.75, 3.05) is 4.90 Å². The molecule has 2 N–H and O–H groups in total. The molecule has 1 heterocycles. The Balaban J connectivity index is 1.04. The summed E-state index contributed by atoms with van der Waals surface area (Å²) in [6, 6.07) is 100. The van der Waals surface area contributed by atoms with E-state index in [1.54, 1.807) is 0 Å². The standard InChI is InChI=1S/C70H49N3/c71-68(52-25-10-3-11-26-52)67(51-23-8-2-9-24-51)69-61-42-40-59(45-55(61)46-66(72-69)50-21-6-1-7-22-50)73(58-38-36-49(37-39-58)54-35-34-48-20-16-17-27-53(48)44-54)60-41-43-63-62-32-18-19-33-64(62)70(65(63)47-60,56-28-12-4-13-29-56)57-30-14-5-15-31-57/h1-47,71-72H/b69-67-,71-68?. The van der Waals surface area contributed by atoms with Crippen LogP contribution < -0.4 is 10.2 Å². The van der Waals surface area contributed by atoms with Crippen molar-refractivity contribution in [3.63, 3.8) is 0 Å². The van der Waals surface area contributed by atoms with Gasteiger partial charge in [-0.15, -0.1) is 0 Å². The molecule has 11 aromatic carbocycles. The molecule has 0 unspecified atom stereocenters. The van der Waals surface area contributed by atoms with Crippen molar-refractivity contribution in [2.45, 2.75) is 5.41 Å². The lowest BCUT2D eigenvalue weighted by Gasteiger charge is -2.35. The molecule has 0 radical (unpaired) electrons. The third-order valence-electron chi connectivity index (χ3n) is 14.7. The second-order valence-electron chi connectivity index (χ2n) is 18.9. The summed E-state index contributed by atoms with van der Waals surface area (Å²) in [6.07, 6.45) is 2.27. The summed E-state index contributed by atoms with van der Waals surface area (Å²) in [4.78, 5) is 2.42. The Labute approximate surface area is 426 Å². The molecule has 2 aliphatic rings. The molecule has 13 rings (SSSR count). The minimum absolute atomic E-state index is 0.450. The van der Waals surface area contributed by atoms with Crippen molar-refractivity contribution >= 4 is 56.6 Å². The van der Waals surface area contributed by atoms with Gasteiger partial charge in [-0.05, 0) is 121 Å². The van der Waals surface area contributed by atoms with Crippen molar-refractivity contribution < 1.29 is 0 Å². The first-order valence-corrected chi connectivity index (χ1v) is 25.0. The van der Waals surface area contributed by atoms with Gasteiger partial charge < -0.3 is 10.2 Å². The van der Waals surface area contributed by atoms with Crippen molar-refractivity contribution in [3.05, 3.63) is 329 Å². The first-order chi connectivity index (χ1) is 36.1. The maximum Gasteiger partial charge on any atom is 0.0714 e. The molecule has 73 heavy (non-hydrogen) atoms. The lowest BCUT2D eigenvalue weighted by atomic mass is 9.67. The molecular weight excluding hydrogens is 883 g/mol. The maximum atomic E-state index is 9.87. The molecular formula is C70H49N3. The van der Waals surface area contributed by atoms with Crippen molar-refractivity contribution in [1.29, 1.82) is 5.41 Å². The average Bonchev–Trinajstić information content (AvgIpc) is 3.77. The fraction of sp³-hybridized carbons (Fsp3) is 0.0143. The third kappa shape index (κ3) is 7.58. The van der Waals surface area contributed by atoms with Crippen LogP contribution in [0.5, 0.6) is 0 Å². The summed E-state index contributed by atoms with van der Waals surface area (Å²) in [5.41, 5.74) is 20.4. The fourth-order valence-corrected chi connectivity index (χ4v) is 11.4. The predicted octanol–water partition coefficient (Wildman–Crippen LogP) is 17.4. The Hall–Kier alpha value is -9.57. The van der Waals surface area contributed by atoms with Gasteiger partial charge in [0.25, 0.3) is 0 Å². The number of hydrogen-bond donors (Lipinski definition) is 2. The van der Waals surface area contributed by atoms with Crippen molar-refractivity contribution in [1.82, 2.24) is 5.32 Å². The smallest absolute Gasteiger partial charge is 0.0714 e. The Kier molecular flexibility index (Phi) is 10.9. The van der Waals surface area contributed by atoms with Crippen LogP contribution in [0.4, 0.5) is 17.1 Å². The normalized spacial score (nSPS) is 13.7. The van der Waals surface area contributed by atoms with Gasteiger partial charge in [-0.25, -0.2) is 0 Å². The van der Waals surface area contributed by atoms with Crippen LogP contribution in [0.1, 0.15) is 50.1 Å². The minimum Gasteiger partial charge on any atom is -0.354 e. The highest BCUT2D eigenvalue weighted by Crippen LogP contribution is 2.57. The quantitative estimate of drug-likeness (QED) is 0.134. The highest BCUT2D eigenvalue weighted by molar-refractivity contribution is 6.36. The molecule has 0 atom stereocenters. The Bertz CT molecular complexity index is 3880. The molecule has 11 aromatic rings. The van der Waals surface area contributed by atoms with Gasteiger partial charge in [0.05, 0.1) is 16.8 Å². The van der Waals surface area contributed by atoms with E-state index < -0.39 is 5.41 Å². The van der Waals surface area contributed by atoms with Crippen LogP contribution in [0.15, 0.2) is 279 Å². The second kappa shape index (κ2) is 18.3. The lowest BCUT2D eigenvalue weighted by molar-refractivity contribution is 0.768. The Morgan fingerprint density at radius 3 is 1.58 bits per heavy atom.